The van der Waals surface area contributed by atoms with Gasteiger partial charge in [-0.3, -0.25) is 9.69 Å². The third-order valence-electron chi connectivity index (χ3n) is 4.52. The van der Waals surface area contributed by atoms with E-state index in [2.05, 4.69) is 12.1 Å². The topological polar surface area (TPSA) is 32.8 Å². The molecule has 0 N–H and O–H groups in total. The first-order valence-electron chi connectivity index (χ1n) is 7.54. The van der Waals surface area contributed by atoms with Crippen molar-refractivity contribution in [3.05, 3.63) is 59.7 Å². The molecule has 0 saturated carbocycles. The Morgan fingerprint density at radius 3 is 2.48 bits per heavy atom. The van der Waals surface area contributed by atoms with E-state index in [1.165, 1.54) is 11.1 Å². The molecule has 1 saturated heterocycles. The summed E-state index contributed by atoms with van der Waals surface area (Å²) < 4.78 is 5.18. The molecule has 2 aliphatic rings. The van der Waals surface area contributed by atoms with Gasteiger partial charge in [-0.25, -0.2) is 0 Å². The summed E-state index contributed by atoms with van der Waals surface area (Å²) in [6, 6.07) is 15.5. The first-order chi connectivity index (χ1) is 11.2. The molecule has 1 amide bonds. The summed E-state index contributed by atoms with van der Waals surface area (Å²) in [6.45, 7) is 0.693. The maximum atomic E-state index is 12.9. The van der Waals surface area contributed by atoms with Crippen molar-refractivity contribution in [2.45, 2.75) is 19.0 Å². The Balaban J connectivity index is 1.68. The molecule has 0 bridgehead atoms. The number of nitrogens with zero attached hydrogens (tertiary/aromatic N) is 2. The van der Waals surface area contributed by atoms with Crippen molar-refractivity contribution in [3.8, 4) is 5.75 Å². The number of thiocarbonyl (C=S) groups is 1. The molecule has 4 nitrogen and oxygen atoms in total. The number of rotatable bonds is 2. The number of benzene rings is 2. The molecular weight excluding hydrogens is 308 g/mol. The molecule has 0 aliphatic carbocycles. The molecule has 2 aliphatic heterocycles. The van der Waals surface area contributed by atoms with Crippen LogP contribution in [-0.2, 0) is 17.8 Å². The minimum absolute atomic E-state index is 0.0506. The summed E-state index contributed by atoms with van der Waals surface area (Å²) in [4.78, 5) is 16.6. The molecule has 2 heterocycles. The van der Waals surface area contributed by atoms with Crippen LogP contribution in [0.2, 0.25) is 0 Å². The zero-order chi connectivity index (χ0) is 16.0. The zero-order valence-corrected chi connectivity index (χ0v) is 13.5. The average molecular weight is 324 g/mol. The molecule has 0 radical (unpaired) electrons. The predicted molar refractivity (Wildman–Crippen MR) is 92.6 cm³/mol. The highest BCUT2D eigenvalue weighted by Crippen LogP contribution is 2.33. The minimum atomic E-state index is -0.195. The fourth-order valence-corrected chi connectivity index (χ4v) is 3.67. The van der Waals surface area contributed by atoms with E-state index in [0.29, 0.717) is 18.1 Å². The number of ether oxygens (including phenoxy) is 1. The molecule has 116 valence electrons. The largest absolute Gasteiger partial charge is 0.497 e. The lowest BCUT2D eigenvalue weighted by Gasteiger charge is -2.30. The summed E-state index contributed by atoms with van der Waals surface area (Å²) in [7, 11) is 1.62. The Kier molecular flexibility index (Phi) is 3.31. The van der Waals surface area contributed by atoms with E-state index in [0.717, 1.165) is 11.4 Å². The van der Waals surface area contributed by atoms with Gasteiger partial charge < -0.3 is 9.64 Å². The quantitative estimate of drug-likeness (QED) is 0.795. The SMILES string of the molecule is COc1ccc(N2C(=O)[C@@H]3Cc4ccccc4CN3C2=S)cc1. The molecule has 4 rings (SSSR count). The monoisotopic (exact) mass is 324 g/mol. The number of fused-ring (bicyclic) bond motifs is 2. The lowest BCUT2D eigenvalue weighted by Crippen LogP contribution is -2.39. The zero-order valence-electron chi connectivity index (χ0n) is 12.7. The molecule has 5 heteroatoms. The van der Waals surface area contributed by atoms with Crippen molar-refractivity contribution < 1.29 is 9.53 Å². The first kappa shape index (κ1) is 14.2. The van der Waals surface area contributed by atoms with E-state index in [1.807, 2.05) is 41.3 Å². The van der Waals surface area contributed by atoms with Gasteiger partial charge in [0.1, 0.15) is 11.8 Å². The van der Waals surface area contributed by atoms with Crippen LogP contribution in [0.3, 0.4) is 0 Å². The predicted octanol–water partition coefficient (Wildman–Crippen LogP) is 2.75. The van der Waals surface area contributed by atoms with Crippen LogP contribution in [0.15, 0.2) is 48.5 Å². The van der Waals surface area contributed by atoms with E-state index >= 15 is 0 Å². The number of hydrogen-bond donors (Lipinski definition) is 0. The number of hydrogen-bond acceptors (Lipinski definition) is 3. The summed E-state index contributed by atoms with van der Waals surface area (Å²) in [5.74, 6) is 0.811. The highest BCUT2D eigenvalue weighted by molar-refractivity contribution is 7.80. The maximum Gasteiger partial charge on any atom is 0.256 e. The van der Waals surface area contributed by atoms with Crippen molar-refractivity contribution in [3.63, 3.8) is 0 Å². The van der Waals surface area contributed by atoms with Crippen LogP contribution >= 0.6 is 12.2 Å². The van der Waals surface area contributed by atoms with Gasteiger partial charge in [0.2, 0.25) is 0 Å². The van der Waals surface area contributed by atoms with Gasteiger partial charge in [0.05, 0.1) is 12.8 Å². The normalized spacial score (nSPS) is 19.6. The van der Waals surface area contributed by atoms with Gasteiger partial charge in [-0.15, -0.1) is 0 Å². The van der Waals surface area contributed by atoms with Gasteiger partial charge in [-0.05, 0) is 47.6 Å². The van der Waals surface area contributed by atoms with Crippen LogP contribution < -0.4 is 9.64 Å². The van der Waals surface area contributed by atoms with Gasteiger partial charge in [0, 0.05) is 13.0 Å². The second kappa shape index (κ2) is 5.35. The molecule has 23 heavy (non-hydrogen) atoms. The molecule has 1 atom stereocenters. The third kappa shape index (κ3) is 2.19. The van der Waals surface area contributed by atoms with Crippen molar-refractivity contribution in [2.75, 3.05) is 12.0 Å². The van der Waals surface area contributed by atoms with E-state index in [1.54, 1.807) is 12.0 Å². The van der Waals surface area contributed by atoms with Gasteiger partial charge in [0.15, 0.2) is 5.11 Å². The molecule has 0 spiro atoms. The average Bonchev–Trinajstić information content (AvgIpc) is 2.84. The van der Waals surface area contributed by atoms with Crippen LogP contribution in [-0.4, -0.2) is 29.1 Å². The van der Waals surface area contributed by atoms with E-state index in [4.69, 9.17) is 17.0 Å². The summed E-state index contributed by atoms with van der Waals surface area (Å²) in [5, 5.41) is 0.583. The molecule has 0 unspecified atom stereocenters. The highest BCUT2D eigenvalue weighted by Gasteiger charge is 2.45. The Morgan fingerprint density at radius 1 is 1.09 bits per heavy atom. The lowest BCUT2D eigenvalue weighted by molar-refractivity contribution is -0.119. The molecule has 2 aromatic carbocycles. The standard InChI is InChI=1S/C18H16N2O2S/c1-22-15-8-6-14(7-9-15)20-17(21)16-10-12-4-2-3-5-13(12)11-19(16)18(20)23/h2-9,16H,10-11H2,1H3/t16-/m0/s1. The van der Waals surface area contributed by atoms with Crippen LogP contribution in [0.5, 0.6) is 5.75 Å². The Bertz CT molecular complexity index is 745. The van der Waals surface area contributed by atoms with Crippen molar-refractivity contribution in [1.29, 1.82) is 0 Å². The van der Waals surface area contributed by atoms with Crippen LogP contribution in [0, 0.1) is 0 Å². The Labute approximate surface area is 140 Å². The molecule has 2 aromatic rings. The van der Waals surface area contributed by atoms with Crippen molar-refractivity contribution in [2.24, 2.45) is 0 Å². The molecule has 1 fully saturated rings. The Morgan fingerprint density at radius 2 is 1.78 bits per heavy atom. The smallest absolute Gasteiger partial charge is 0.256 e. The third-order valence-corrected chi connectivity index (χ3v) is 4.94. The van der Waals surface area contributed by atoms with Crippen LogP contribution in [0.4, 0.5) is 5.69 Å². The fraction of sp³-hybridized carbons (Fsp3) is 0.222. The van der Waals surface area contributed by atoms with Crippen LogP contribution in [0.1, 0.15) is 11.1 Å². The maximum absolute atomic E-state index is 12.9. The Hall–Kier alpha value is -2.40. The van der Waals surface area contributed by atoms with Crippen molar-refractivity contribution >= 4 is 28.9 Å². The second-order valence-electron chi connectivity index (χ2n) is 5.77. The second-order valence-corrected chi connectivity index (χ2v) is 6.14. The fourth-order valence-electron chi connectivity index (χ4n) is 3.29. The van der Waals surface area contributed by atoms with Crippen molar-refractivity contribution in [1.82, 2.24) is 4.90 Å². The number of amides is 1. The molecular formula is C18H16N2O2S. The van der Waals surface area contributed by atoms with Gasteiger partial charge >= 0.3 is 0 Å². The van der Waals surface area contributed by atoms with Gasteiger partial charge in [-0.1, -0.05) is 24.3 Å². The number of anilines is 1. The summed E-state index contributed by atoms with van der Waals surface area (Å²) in [6.07, 6.45) is 0.710. The van der Waals surface area contributed by atoms with E-state index < -0.39 is 0 Å². The number of carbonyl (C=O) groups excluding carboxylic acids is 1. The summed E-state index contributed by atoms with van der Waals surface area (Å²) in [5.41, 5.74) is 3.27. The molecule has 0 aromatic heterocycles. The highest BCUT2D eigenvalue weighted by atomic mass is 32.1. The summed E-state index contributed by atoms with van der Waals surface area (Å²) >= 11 is 5.59. The lowest BCUT2D eigenvalue weighted by atomic mass is 9.95. The van der Waals surface area contributed by atoms with E-state index in [9.17, 15) is 4.79 Å². The van der Waals surface area contributed by atoms with Gasteiger partial charge in [-0.2, -0.15) is 0 Å². The van der Waals surface area contributed by atoms with Crippen LogP contribution in [0.25, 0.3) is 0 Å². The number of carbonyl (C=O) groups is 1. The van der Waals surface area contributed by atoms with E-state index in [-0.39, 0.29) is 11.9 Å². The minimum Gasteiger partial charge on any atom is -0.497 e. The number of methoxy groups -OCH3 is 1. The first-order valence-corrected chi connectivity index (χ1v) is 7.95. The van der Waals surface area contributed by atoms with Gasteiger partial charge in [0.25, 0.3) is 5.91 Å².